The van der Waals surface area contributed by atoms with Crippen molar-refractivity contribution in [3.8, 4) is 17.4 Å². The first-order valence-electron chi connectivity index (χ1n) is 9.54. The van der Waals surface area contributed by atoms with Crippen molar-refractivity contribution in [2.75, 3.05) is 10.6 Å². The Hall–Kier alpha value is -4.34. The first-order valence-corrected chi connectivity index (χ1v) is 9.54. The SMILES string of the molecule is Cc1ncn(-c2ccc(Oc3ccc(NC(=O)Nc4ccc(F)cc4F)cc3)nn2)c1C. The molecule has 2 aromatic carbocycles. The van der Waals surface area contributed by atoms with Gasteiger partial charge in [0.05, 0.1) is 11.4 Å². The van der Waals surface area contributed by atoms with E-state index in [2.05, 4.69) is 25.8 Å². The van der Waals surface area contributed by atoms with Crippen LogP contribution in [0.3, 0.4) is 0 Å². The predicted molar refractivity (Wildman–Crippen MR) is 114 cm³/mol. The number of amides is 2. The van der Waals surface area contributed by atoms with Crippen LogP contribution in [0, 0.1) is 25.5 Å². The molecule has 8 nitrogen and oxygen atoms in total. The van der Waals surface area contributed by atoms with E-state index in [4.69, 9.17) is 4.74 Å². The van der Waals surface area contributed by atoms with Crippen LogP contribution in [-0.4, -0.2) is 25.8 Å². The Labute approximate surface area is 181 Å². The summed E-state index contributed by atoms with van der Waals surface area (Å²) in [6.45, 7) is 3.86. The number of hydrogen-bond acceptors (Lipinski definition) is 5. The van der Waals surface area contributed by atoms with Crippen LogP contribution in [0.15, 0.2) is 60.9 Å². The van der Waals surface area contributed by atoms with E-state index in [1.54, 1.807) is 42.7 Å². The Balaban J connectivity index is 1.36. The summed E-state index contributed by atoms with van der Waals surface area (Å²) in [5, 5.41) is 13.1. The van der Waals surface area contributed by atoms with E-state index in [0.717, 1.165) is 23.5 Å². The summed E-state index contributed by atoms with van der Waals surface area (Å²) in [6.07, 6.45) is 1.68. The summed E-state index contributed by atoms with van der Waals surface area (Å²) in [7, 11) is 0. The van der Waals surface area contributed by atoms with E-state index in [1.807, 2.05) is 18.4 Å². The second-order valence-corrected chi connectivity index (χ2v) is 6.84. The van der Waals surface area contributed by atoms with Gasteiger partial charge in [0.25, 0.3) is 0 Å². The molecule has 2 N–H and O–H groups in total. The topological polar surface area (TPSA) is 94.0 Å². The zero-order valence-electron chi connectivity index (χ0n) is 17.1. The molecule has 0 aliphatic carbocycles. The lowest BCUT2D eigenvalue weighted by atomic mass is 10.3. The number of halogens is 2. The molecular weight excluding hydrogens is 418 g/mol. The number of imidazole rings is 1. The van der Waals surface area contributed by atoms with E-state index in [1.165, 1.54) is 0 Å². The number of urea groups is 1. The number of anilines is 2. The van der Waals surface area contributed by atoms with Gasteiger partial charge in [-0.3, -0.25) is 4.57 Å². The summed E-state index contributed by atoms with van der Waals surface area (Å²) in [4.78, 5) is 16.3. The molecule has 10 heteroatoms. The average Bonchev–Trinajstić information content (AvgIpc) is 3.10. The zero-order valence-corrected chi connectivity index (χ0v) is 17.1. The Kier molecular flexibility index (Phi) is 5.75. The fraction of sp³-hybridized carbons (Fsp3) is 0.0909. The van der Waals surface area contributed by atoms with Gasteiger partial charge in [0.1, 0.15) is 23.7 Å². The Bertz CT molecular complexity index is 1260. The number of benzene rings is 2. The van der Waals surface area contributed by atoms with Crippen molar-refractivity contribution >= 4 is 17.4 Å². The monoisotopic (exact) mass is 436 g/mol. The van der Waals surface area contributed by atoms with Crippen LogP contribution in [0.1, 0.15) is 11.4 Å². The van der Waals surface area contributed by atoms with Crippen LogP contribution in [0.25, 0.3) is 5.82 Å². The third kappa shape index (κ3) is 4.69. The number of nitrogens with zero attached hydrogens (tertiary/aromatic N) is 4. The molecule has 0 aliphatic heterocycles. The smallest absolute Gasteiger partial charge is 0.323 e. The van der Waals surface area contributed by atoms with Gasteiger partial charge < -0.3 is 15.4 Å². The van der Waals surface area contributed by atoms with Crippen LogP contribution >= 0.6 is 0 Å². The minimum atomic E-state index is -0.866. The van der Waals surface area contributed by atoms with Gasteiger partial charge in [-0.15, -0.1) is 10.2 Å². The third-order valence-electron chi connectivity index (χ3n) is 4.64. The van der Waals surface area contributed by atoms with Crippen molar-refractivity contribution in [2.24, 2.45) is 0 Å². The number of rotatable bonds is 5. The number of carbonyl (C=O) groups is 1. The molecule has 0 spiro atoms. The predicted octanol–water partition coefficient (Wildman–Crippen LogP) is 4.99. The summed E-state index contributed by atoms with van der Waals surface area (Å²) in [5.41, 5.74) is 2.20. The highest BCUT2D eigenvalue weighted by molar-refractivity contribution is 5.99. The Morgan fingerprint density at radius 3 is 2.38 bits per heavy atom. The van der Waals surface area contributed by atoms with E-state index in [-0.39, 0.29) is 5.69 Å². The summed E-state index contributed by atoms with van der Waals surface area (Å²) in [5.74, 6) is -0.186. The molecule has 0 aliphatic rings. The van der Waals surface area contributed by atoms with Crippen LogP contribution < -0.4 is 15.4 Å². The van der Waals surface area contributed by atoms with Crippen LogP contribution in [0.2, 0.25) is 0 Å². The maximum absolute atomic E-state index is 13.6. The van der Waals surface area contributed by atoms with E-state index in [9.17, 15) is 13.6 Å². The number of hydrogen-bond donors (Lipinski definition) is 2. The molecule has 0 unspecified atom stereocenters. The maximum Gasteiger partial charge on any atom is 0.323 e. The highest BCUT2D eigenvalue weighted by atomic mass is 19.1. The van der Waals surface area contributed by atoms with Gasteiger partial charge in [0.15, 0.2) is 5.82 Å². The lowest BCUT2D eigenvalue weighted by Gasteiger charge is -2.10. The second kappa shape index (κ2) is 8.80. The van der Waals surface area contributed by atoms with Gasteiger partial charge in [-0.2, -0.15) is 0 Å². The molecule has 32 heavy (non-hydrogen) atoms. The number of carbonyl (C=O) groups excluding carboxylic acids is 1. The minimum absolute atomic E-state index is 0.132. The molecule has 0 atom stereocenters. The number of aromatic nitrogens is 4. The fourth-order valence-corrected chi connectivity index (χ4v) is 2.83. The number of aryl methyl sites for hydroxylation is 1. The number of nitrogens with one attached hydrogen (secondary N) is 2. The lowest BCUT2D eigenvalue weighted by molar-refractivity contribution is 0.262. The molecule has 2 amide bonds. The van der Waals surface area contributed by atoms with Crippen LogP contribution in [0.4, 0.5) is 25.0 Å². The van der Waals surface area contributed by atoms with Crippen molar-refractivity contribution in [1.82, 2.24) is 19.7 Å². The maximum atomic E-state index is 13.6. The fourth-order valence-electron chi connectivity index (χ4n) is 2.83. The lowest BCUT2D eigenvalue weighted by Crippen LogP contribution is -2.20. The van der Waals surface area contributed by atoms with Crippen molar-refractivity contribution in [1.29, 1.82) is 0 Å². The first-order chi connectivity index (χ1) is 15.4. The van der Waals surface area contributed by atoms with E-state index in [0.29, 0.717) is 29.2 Å². The zero-order chi connectivity index (χ0) is 22.7. The average molecular weight is 436 g/mol. The highest BCUT2D eigenvalue weighted by Gasteiger charge is 2.09. The van der Waals surface area contributed by atoms with E-state index >= 15 is 0 Å². The quantitative estimate of drug-likeness (QED) is 0.460. The standard InChI is InChI=1S/C22H18F2N6O2/c1-13-14(2)30(12-25-13)20-9-10-21(29-28-20)32-17-6-4-16(5-7-17)26-22(31)27-19-8-3-15(23)11-18(19)24/h3-12H,1-2H3,(H2,26,27,31). The normalized spacial score (nSPS) is 10.6. The highest BCUT2D eigenvalue weighted by Crippen LogP contribution is 2.22. The molecule has 0 fully saturated rings. The number of ether oxygens (including phenoxy) is 1. The largest absolute Gasteiger partial charge is 0.438 e. The van der Waals surface area contributed by atoms with Gasteiger partial charge in [-0.05, 0) is 56.3 Å². The molecule has 0 bridgehead atoms. The molecular formula is C22H18F2N6O2. The summed E-state index contributed by atoms with van der Waals surface area (Å²) in [6, 6.07) is 12.1. The van der Waals surface area contributed by atoms with Crippen LogP contribution in [0.5, 0.6) is 11.6 Å². The van der Waals surface area contributed by atoms with Crippen LogP contribution in [-0.2, 0) is 0 Å². The van der Waals surface area contributed by atoms with Gasteiger partial charge in [-0.1, -0.05) is 0 Å². The Morgan fingerprint density at radius 2 is 1.75 bits per heavy atom. The molecule has 2 aromatic heterocycles. The summed E-state index contributed by atoms with van der Waals surface area (Å²) >= 11 is 0. The molecule has 0 saturated carbocycles. The van der Waals surface area contributed by atoms with Gasteiger partial charge in [0, 0.05) is 23.5 Å². The van der Waals surface area contributed by atoms with Gasteiger partial charge in [-0.25, -0.2) is 18.6 Å². The second-order valence-electron chi connectivity index (χ2n) is 6.84. The molecule has 4 aromatic rings. The van der Waals surface area contributed by atoms with Crippen molar-refractivity contribution < 1.29 is 18.3 Å². The molecule has 0 radical (unpaired) electrons. The van der Waals surface area contributed by atoms with Gasteiger partial charge >= 0.3 is 6.03 Å². The Morgan fingerprint density at radius 1 is 0.969 bits per heavy atom. The van der Waals surface area contributed by atoms with Crippen molar-refractivity contribution in [3.63, 3.8) is 0 Å². The van der Waals surface area contributed by atoms with Gasteiger partial charge in [0.2, 0.25) is 5.88 Å². The minimum Gasteiger partial charge on any atom is -0.438 e. The summed E-state index contributed by atoms with van der Waals surface area (Å²) < 4.78 is 34.1. The molecule has 2 heterocycles. The molecule has 4 rings (SSSR count). The van der Waals surface area contributed by atoms with Crippen molar-refractivity contribution in [3.05, 3.63) is 83.9 Å². The first kappa shape index (κ1) is 20.9. The van der Waals surface area contributed by atoms with Crippen molar-refractivity contribution in [2.45, 2.75) is 13.8 Å². The molecule has 0 saturated heterocycles. The third-order valence-corrected chi connectivity index (χ3v) is 4.64. The van der Waals surface area contributed by atoms with E-state index < -0.39 is 17.7 Å². The molecule has 162 valence electrons.